The van der Waals surface area contributed by atoms with E-state index in [2.05, 4.69) is 36.8 Å². The zero-order valence-electron chi connectivity index (χ0n) is 19.5. The van der Waals surface area contributed by atoms with E-state index in [4.69, 9.17) is 25.8 Å². The molecule has 2 aromatic carbocycles. The van der Waals surface area contributed by atoms with Crippen molar-refractivity contribution in [1.82, 2.24) is 20.2 Å². The number of fused-ring (bicyclic) bond motifs is 1. The van der Waals surface area contributed by atoms with Gasteiger partial charge in [-0.15, -0.1) is 0 Å². The molecule has 1 aliphatic rings. The summed E-state index contributed by atoms with van der Waals surface area (Å²) in [6, 6.07) is 10.6. The number of allylic oxidation sites excluding steroid dienone is 1. The molecule has 0 radical (unpaired) electrons. The first-order valence-electron chi connectivity index (χ1n) is 11.2. The lowest BCUT2D eigenvalue weighted by Gasteiger charge is -2.28. The predicted octanol–water partition coefficient (Wildman–Crippen LogP) is 5.31. The van der Waals surface area contributed by atoms with Crippen molar-refractivity contribution in [3.63, 3.8) is 0 Å². The second-order valence-electron chi connectivity index (χ2n) is 7.79. The Morgan fingerprint density at radius 1 is 1.23 bits per heavy atom. The third kappa shape index (κ3) is 5.28. The second-order valence-corrected chi connectivity index (χ2v) is 9.05. The van der Waals surface area contributed by atoms with Crippen molar-refractivity contribution in [3.8, 4) is 11.5 Å². The van der Waals surface area contributed by atoms with Gasteiger partial charge in [-0.25, -0.2) is 4.79 Å². The van der Waals surface area contributed by atoms with E-state index in [1.807, 2.05) is 50.2 Å². The molecule has 2 heterocycles. The van der Waals surface area contributed by atoms with E-state index in [1.165, 1.54) is 0 Å². The minimum absolute atomic E-state index is 0.260. The van der Waals surface area contributed by atoms with Crippen LogP contribution in [0.3, 0.4) is 0 Å². The number of nitrogens with zero attached hydrogens (tertiary/aromatic N) is 4. The molecule has 11 heteroatoms. The van der Waals surface area contributed by atoms with Crippen molar-refractivity contribution in [1.29, 1.82) is 0 Å². The Morgan fingerprint density at radius 3 is 2.77 bits per heavy atom. The van der Waals surface area contributed by atoms with Crippen molar-refractivity contribution in [2.75, 3.05) is 18.5 Å². The standard InChI is InChI=1S/C24H25BrClN5O4/c1-4-10-34-23(32)20-14(3)27-24-28-29-30-31(24)21(20)16-11-17(25)22(19(12-16)33-5-2)35-13-15-8-6-7-9-18(15)26/h6-9,11-12,21H,4-5,10,13H2,1-3H3,(H,27,28,30). The molecular formula is C24H25BrClN5O4. The first kappa shape index (κ1) is 25.0. The van der Waals surface area contributed by atoms with Gasteiger partial charge in [0.05, 0.1) is 23.3 Å². The Hall–Kier alpha value is -3.11. The monoisotopic (exact) mass is 561 g/mol. The lowest BCUT2D eigenvalue weighted by atomic mass is 9.95. The zero-order chi connectivity index (χ0) is 24.9. The average Bonchev–Trinajstić information content (AvgIpc) is 3.30. The van der Waals surface area contributed by atoms with Gasteiger partial charge in [0.2, 0.25) is 5.95 Å². The minimum Gasteiger partial charge on any atom is -0.490 e. The molecule has 35 heavy (non-hydrogen) atoms. The molecule has 1 unspecified atom stereocenters. The predicted molar refractivity (Wildman–Crippen MR) is 135 cm³/mol. The Morgan fingerprint density at radius 2 is 2.03 bits per heavy atom. The lowest BCUT2D eigenvalue weighted by Crippen LogP contribution is -2.30. The van der Waals surface area contributed by atoms with Gasteiger partial charge in [-0.2, -0.15) is 4.68 Å². The van der Waals surface area contributed by atoms with E-state index < -0.39 is 12.0 Å². The number of carbonyl (C=O) groups excluding carboxylic acids is 1. The van der Waals surface area contributed by atoms with Gasteiger partial charge in [-0.05, 0) is 70.4 Å². The van der Waals surface area contributed by atoms with Crippen LogP contribution in [0.4, 0.5) is 5.95 Å². The Balaban J connectivity index is 1.75. The Labute approximate surface area is 216 Å². The summed E-state index contributed by atoms with van der Waals surface area (Å²) in [5.41, 5.74) is 2.61. The highest BCUT2D eigenvalue weighted by Gasteiger charge is 2.36. The van der Waals surface area contributed by atoms with Gasteiger partial charge in [0, 0.05) is 16.3 Å². The number of anilines is 1. The van der Waals surface area contributed by atoms with Gasteiger partial charge in [-0.3, -0.25) is 0 Å². The van der Waals surface area contributed by atoms with Crippen molar-refractivity contribution < 1.29 is 19.0 Å². The van der Waals surface area contributed by atoms with Crippen LogP contribution in [0.15, 0.2) is 52.1 Å². The summed E-state index contributed by atoms with van der Waals surface area (Å²) in [4.78, 5) is 13.1. The molecule has 0 aliphatic carbocycles. The lowest BCUT2D eigenvalue weighted by molar-refractivity contribution is -0.139. The maximum atomic E-state index is 13.1. The SMILES string of the molecule is CCCOC(=O)C1=C(C)Nc2nnnn2C1c1cc(Br)c(OCc2ccccc2Cl)c(OCC)c1. The van der Waals surface area contributed by atoms with Crippen LogP contribution in [0.1, 0.15) is 44.4 Å². The fourth-order valence-electron chi connectivity index (χ4n) is 3.77. The van der Waals surface area contributed by atoms with E-state index in [1.54, 1.807) is 11.6 Å². The molecule has 9 nitrogen and oxygen atoms in total. The topological polar surface area (TPSA) is 100 Å². The summed E-state index contributed by atoms with van der Waals surface area (Å²) in [5, 5.41) is 15.6. The molecule has 4 rings (SSSR count). The third-order valence-corrected chi connectivity index (χ3v) is 6.31. The van der Waals surface area contributed by atoms with Gasteiger partial charge in [0.1, 0.15) is 12.6 Å². The largest absolute Gasteiger partial charge is 0.490 e. The number of halogens is 2. The van der Waals surface area contributed by atoms with Crippen molar-refractivity contribution in [2.24, 2.45) is 0 Å². The molecule has 0 saturated heterocycles. The summed E-state index contributed by atoms with van der Waals surface area (Å²) in [5.74, 6) is 1.03. The fraction of sp³-hybridized carbons (Fsp3) is 0.333. The number of esters is 1. The van der Waals surface area contributed by atoms with Crippen LogP contribution in [-0.2, 0) is 16.1 Å². The summed E-state index contributed by atoms with van der Waals surface area (Å²) >= 11 is 9.92. The van der Waals surface area contributed by atoms with Crippen molar-refractivity contribution in [3.05, 3.63) is 68.3 Å². The van der Waals surface area contributed by atoms with E-state index >= 15 is 0 Å². The molecule has 1 N–H and O–H groups in total. The van der Waals surface area contributed by atoms with Crippen LogP contribution in [0.5, 0.6) is 11.5 Å². The number of aromatic nitrogens is 4. The van der Waals surface area contributed by atoms with Gasteiger partial charge in [0.15, 0.2) is 11.5 Å². The quantitative estimate of drug-likeness (QED) is 0.350. The number of ether oxygens (including phenoxy) is 3. The van der Waals surface area contributed by atoms with Crippen LogP contribution in [0.2, 0.25) is 5.02 Å². The summed E-state index contributed by atoms with van der Waals surface area (Å²) in [6.07, 6.45) is 0.712. The summed E-state index contributed by atoms with van der Waals surface area (Å²) in [7, 11) is 0. The summed E-state index contributed by atoms with van der Waals surface area (Å²) in [6.45, 7) is 6.62. The summed E-state index contributed by atoms with van der Waals surface area (Å²) < 4.78 is 19.7. The number of hydrogen-bond acceptors (Lipinski definition) is 8. The normalized spacial score (nSPS) is 14.8. The molecule has 184 valence electrons. The number of rotatable bonds is 9. The molecule has 0 amide bonds. The minimum atomic E-state index is -0.626. The molecule has 1 aliphatic heterocycles. The first-order chi connectivity index (χ1) is 16.9. The highest BCUT2D eigenvalue weighted by atomic mass is 79.9. The number of hydrogen-bond donors (Lipinski definition) is 1. The molecule has 0 saturated carbocycles. The third-order valence-electron chi connectivity index (χ3n) is 5.35. The van der Waals surface area contributed by atoms with Gasteiger partial charge >= 0.3 is 5.97 Å². The van der Waals surface area contributed by atoms with Crippen LogP contribution >= 0.6 is 27.5 Å². The van der Waals surface area contributed by atoms with E-state index in [-0.39, 0.29) is 6.61 Å². The van der Waals surface area contributed by atoms with Crippen LogP contribution in [0.25, 0.3) is 0 Å². The number of nitrogens with one attached hydrogen (secondary N) is 1. The Bertz CT molecular complexity index is 1260. The maximum absolute atomic E-state index is 13.1. The molecule has 0 bridgehead atoms. The van der Waals surface area contributed by atoms with E-state index in [9.17, 15) is 4.79 Å². The molecule has 1 atom stereocenters. The first-order valence-corrected chi connectivity index (χ1v) is 12.4. The maximum Gasteiger partial charge on any atom is 0.338 e. The van der Waals surface area contributed by atoms with E-state index in [0.717, 1.165) is 11.1 Å². The van der Waals surface area contributed by atoms with Gasteiger partial charge < -0.3 is 19.5 Å². The molecular weight excluding hydrogens is 538 g/mol. The number of benzene rings is 2. The van der Waals surface area contributed by atoms with Crippen LogP contribution < -0.4 is 14.8 Å². The number of tetrazole rings is 1. The zero-order valence-corrected chi connectivity index (χ0v) is 21.9. The van der Waals surface area contributed by atoms with Crippen LogP contribution in [-0.4, -0.2) is 39.4 Å². The highest BCUT2D eigenvalue weighted by molar-refractivity contribution is 9.10. The second kappa shape index (κ2) is 11.1. The van der Waals surface area contributed by atoms with Crippen LogP contribution in [0, 0.1) is 0 Å². The van der Waals surface area contributed by atoms with Crippen molar-refractivity contribution in [2.45, 2.75) is 39.8 Å². The fourth-order valence-corrected chi connectivity index (χ4v) is 4.54. The average molecular weight is 563 g/mol. The van der Waals surface area contributed by atoms with E-state index in [0.29, 0.717) is 57.8 Å². The smallest absolute Gasteiger partial charge is 0.338 e. The number of carbonyl (C=O) groups is 1. The van der Waals surface area contributed by atoms with Crippen molar-refractivity contribution >= 4 is 39.4 Å². The molecule has 1 aromatic heterocycles. The molecule has 0 spiro atoms. The molecule has 0 fully saturated rings. The highest BCUT2D eigenvalue weighted by Crippen LogP contribution is 2.43. The Kier molecular flexibility index (Phi) is 7.92. The van der Waals surface area contributed by atoms with Gasteiger partial charge in [-0.1, -0.05) is 41.8 Å². The molecule has 3 aromatic rings. The van der Waals surface area contributed by atoms with Gasteiger partial charge in [0.25, 0.3) is 0 Å².